The largest absolute Gasteiger partial charge is 0.472 e. The minimum absolute atomic E-state index is 0.241. The summed E-state index contributed by atoms with van der Waals surface area (Å²) in [5.41, 5.74) is 1.49. The molecule has 2 aliphatic heterocycles. The maximum Gasteiger partial charge on any atom is 0.122 e. The third kappa shape index (κ3) is 3.41. The van der Waals surface area contributed by atoms with E-state index < -0.39 is 0 Å². The van der Waals surface area contributed by atoms with E-state index in [4.69, 9.17) is 9.15 Å². The number of furan rings is 1. The van der Waals surface area contributed by atoms with Gasteiger partial charge >= 0.3 is 0 Å². The van der Waals surface area contributed by atoms with Crippen LogP contribution in [0, 0.1) is 5.41 Å². The van der Waals surface area contributed by atoms with Gasteiger partial charge in [-0.25, -0.2) is 4.98 Å². The van der Waals surface area contributed by atoms with Gasteiger partial charge in [0.05, 0.1) is 32.3 Å². The molecule has 6 heteroatoms. The highest BCUT2D eigenvalue weighted by atomic mass is 16.5. The molecule has 130 valence electrons. The van der Waals surface area contributed by atoms with E-state index in [1.54, 1.807) is 6.26 Å². The maximum absolute atomic E-state index is 5.98. The molecule has 2 aromatic heterocycles. The number of rotatable bonds is 4. The maximum atomic E-state index is 5.98. The molecule has 2 aliphatic rings. The van der Waals surface area contributed by atoms with Crippen molar-refractivity contribution in [1.29, 1.82) is 0 Å². The monoisotopic (exact) mass is 330 g/mol. The number of ether oxygens (including phenoxy) is 1. The highest BCUT2D eigenvalue weighted by Crippen LogP contribution is 2.34. The molecule has 24 heavy (non-hydrogen) atoms. The molecule has 2 aromatic rings. The Balaban J connectivity index is 1.41. The highest BCUT2D eigenvalue weighted by molar-refractivity contribution is 5.06. The van der Waals surface area contributed by atoms with E-state index in [1.807, 2.05) is 18.7 Å². The smallest absolute Gasteiger partial charge is 0.122 e. The van der Waals surface area contributed by atoms with Gasteiger partial charge in [-0.05, 0) is 19.0 Å². The molecule has 0 amide bonds. The van der Waals surface area contributed by atoms with Gasteiger partial charge in [0.15, 0.2) is 0 Å². The second-order valence-electron chi connectivity index (χ2n) is 7.31. The summed E-state index contributed by atoms with van der Waals surface area (Å²) < 4.78 is 13.3. The summed E-state index contributed by atoms with van der Waals surface area (Å²) >= 11 is 0. The number of imidazole rings is 1. The first-order valence-electron chi connectivity index (χ1n) is 8.72. The first-order valence-corrected chi connectivity index (χ1v) is 8.72. The highest BCUT2D eigenvalue weighted by Gasteiger charge is 2.41. The van der Waals surface area contributed by atoms with Crippen LogP contribution in [0.2, 0.25) is 0 Å². The topological polar surface area (TPSA) is 46.7 Å². The Hall–Kier alpha value is -1.63. The van der Waals surface area contributed by atoms with Crippen molar-refractivity contribution in [3.05, 3.63) is 42.4 Å². The van der Waals surface area contributed by atoms with Gasteiger partial charge in [-0.3, -0.25) is 9.80 Å². The van der Waals surface area contributed by atoms with E-state index in [1.165, 1.54) is 12.0 Å². The number of nitrogens with zero attached hydrogens (tertiary/aromatic N) is 4. The Bertz CT molecular complexity index is 654. The van der Waals surface area contributed by atoms with Gasteiger partial charge in [0.25, 0.3) is 0 Å². The molecule has 4 rings (SSSR count). The first kappa shape index (κ1) is 15.9. The van der Waals surface area contributed by atoms with Gasteiger partial charge < -0.3 is 13.7 Å². The third-order valence-electron chi connectivity index (χ3n) is 5.31. The average Bonchev–Trinajstić information content (AvgIpc) is 3.26. The first-order chi connectivity index (χ1) is 11.7. The van der Waals surface area contributed by atoms with Crippen LogP contribution in [-0.2, 0) is 24.9 Å². The van der Waals surface area contributed by atoms with Crippen LogP contribution >= 0.6 is 0 Å². The van der Waals surface area contributed by atoms with Crippen molar-refractivity contribution < 1.29 is 9.15 Å². The van der Waals surface area contributed by atoms with Crippen LogP contribution in [0.4, 0.5) is 0 Å². The van der Waals surface area contributed by atoms with E-state index in [9.17, 15) is 0 Å². The van der Waals surface area contributed by atoms with Crippen molar-refractivity contribution in [2.24, 2.45) is 12.5 Å². The molecule has 0 aromatic carbocycles. The van der Waals surface area contributed by atoms with Gasteiger partial charge in [0.1, 0.15) is 5.82 Å². The van der Waals surface area contributed by atoms with Gasteiger partial charge in [-0.2, -0.15) is 0 Å². The summed E-state index contributed by atoms with van der Waals surface area (Å²) in [5, 5.41) is 0. The van der Waals surface area contributed by atoms with E-state index in [0.29, 0.717) is 0 Å². The second-order valence-corrected chi connectivity index (χ2v) is 7.31. The van der Waals surface area contributed by atoms with Gasteiger partial charge in [0.2, 0.25) is 0 Å². The van der Waals surface area contributed by atoms with Crippen LogP contribution < -0.4 is 0 Å². The lowest BCUT2D eigenvalue weighted by Crippen LogP contribution is -2.40. The lowest BCUT2D eigenvalue weighted by Gasteiger charge is -2.31. The predicted molar refractivity (Wildman–Crippen MR) is 90.3 cm³/mol. The van der Waals surface area contributed by atoms with Crippen molar-refractivity contribution in [2.75, 3.05) is 39.4 Å². The van der Waals surface area contributed by atoms with Crippen LogP contribution in [0.3, 0.4) is 0 Å². The third-order valence-corrected chi connectivity index (χ3v) is 5.31. The molecule has 0 radical (unpaired) electrons. The van der Waals surface area contributed by atoms with E-state index in [-0.39, 0.29) is 5.41 Å². The fourth-order valence-electron chi connectivity index (χ4n) is 4.02. The van der Waals surface area contributed by atoms with Gasteiger partial charge in [0, 0.05) is 56.6 Å². The zero-order valence-corrected chi connectivity index (χ0v) is 14.4. The molecule has 0 N–H and O–H groups in total. The van der Waals surface area contributed by atoms with Crippen molar-refractivity contribution in [3.8, 4) is 0 Å². The summed E-state index contributed by atoms with van der Waals surface area (Å²) in [4.78, 5) is 9.50. The number of hydrogen-bond donors (Lipinski definition) is 0. The quantitative estimate of drug-likeness (QED) is 0.854. The van der Waals surface area contributed by atoms with Crippen molar-refractivity contribution in [1.82, 2.24) is 19.4 Å². The van der Waals surface area contributed by atoms with E-state index >= 15 is 0 Å². The molecule has 0 unspecified atom stereocenters. The zero-order valence-electron chi connectivity index (χ0n) is 14.4. The molecule has 2 saturated heterocycles. The van der Waals surface area contributed by atoms with Crippen LogP contribution in [0.5, 0.6) is 0 Å². The minimum Gasteiger partial charge on any atom is -0.472 e. The molecule has 0 bridgehead atoms. The van der Waals surface area contributed by atoms with Gasteiger partial charge in [-0.15, -0.1) is 0 Å². The molecular formula is C18H26N4O2. The normalized spacial score (nSPS) is 26.2. The molecule has 1 atom stereocenters. The second kappa shape index (κ2) is 6.70. The number of aromatic nitrogens is 2. The Labute approximate surface area is 143 Å². The summed E-state index contributed by atoms with van der Waals surface area (Å²) in [5.74, 6) is 1.14. The number of aryl methyl sites for hydroxylation is 1. The Morgan fingerprint density at radius 1 is 1.21 bits per heavy atom. The van der Waals surface area contributed by atoms with Gasteiger partial charge in [-0.1, -0.05) is 0 Å². The Morgan fingerprint density at radius 2 is 2.08 bits per heavy atom. The fraction of sp³-hybridized carbons (Fsp3) is 0.611. The standard InChI is InChI=1S/C18H26N4O2/c1-20-6-4-19-17(20)11-21-5-3-18(13-21)14-22(7-9-24-15-18)10-16-2-8-23-12-16/h2,4,6,8,12H,3,5,7,9-11,13-15H2,1H3/t18-/m1/s1. The number of likely N-dealkylation sites (tertiary alicyclic amines) is 1. The van der Waals surface area contributed by atoms with Crippen molar-refractivity contribution >= 4 is 0 Å². The molecule has 0 aliphatic carbocycles. The van der Waals surface area contributed by atoms with E-state index in [2.05, 4.69) is 32.5 Å². The SMILES string of the molecule is Cn1ccnc1CN1CC[C@@]2(COCCN(Cc3ccoc3)C2)C1. The van der Waals surface area contributed by atoms with Crippen LogP contribution in [0.25, 0.3) is 0 Å². The van der Waals surface area contributed by atoms with Crippen LogP contribution in [-0.4, -0.2) is 58.7 Å². The summed E-state index contributed by atoms with van der Waals surface area (Å²) in [7, 11) is 2.07. The van der Waals surface area contributed by atoms with Crippen LogP contribution in [0.1, 0.15) is 17.8 Å². The molecule has 1 spiro atoms. The lowest BCUT2D eigenvalue weighted by molar-refractivity contribution is 0.0703. The Morgan fingerprint density at radius 3 is 2.83 bits per heavy atom. The fourth-order valence-corrected chi connectivity index (χ4v) is 4.02. The molecular weight excluding hydrogens is 304 g/mol. The minimum atomic E-state index is 0.241. The Kier molecular flexibility index (Phi) is 4.43. The lowest BCUT2D eigenvalue weighted by atomic mass is 9.87. The molecule has 6 nitrogen and oxygen atoms in total. The average molecular weight is 330 g/mol. The summed E-state index contributed by atoms with van der Waals surface area (Å²) in [6.45, 7) is 7.85. The predicted octanol–water partition coefficient (Wildman–Crippen LogP) is 1.74. The van der Waals surface area contributed by atoms with Crippen molar-refractivity contribution in [3.63, 3.8) is 0 Å². The van der Waals surface area contributed by atoms with E-state index in [0.717, 1.165) is 58.3 Å². The number of hydrogen-bond acceptors (Lipinski definition) is 5. The summed E-state index contributed by atoms with van der Waals surface area (Å²) in [6.07, 6.45) is 8.69. The zero-order chi connectivity index (χ0) is 16.4. The van der Waals surface area contributed by atoms with Crippen LogP contribution in [0.15, 0.2) is 35.4 Å². The summed E-state index contributed by atoms with van der Waals surface area (Å²) in [6, 6.07) is 2.06. The molecule has 0 saturated carbocycles. The molecule has 4 heterocycles. The van der Waals surface area contributed by atoms with Crippen molar-refractivity contribution in [2.45, 2.75) is 19.5 Å². The molecule has 2 fully saturated rings.